The lowest BCUT2D eigenvalue weighted by atomic mass is 10.0. The zero-order valence-corrected chi connectivity index (χ0v) is 10.0. The molecule has 16 heavy (non-hydrogen) atoms. The van der Waals surface area contributed by atoms with Gasteiger partial charge in [0.1, 0.15) is 5.52 Å². The summed E-state index contributed by atoms with van der Waals surface area (Å²) in [5.74, 6) is 1.03. The van der Waals surface area contributed by atoms with Crippen LogP contribution < -0.4 is 5.73 Å². The Hall–Kier alpha value is -1.13. The van der Waals surface area contributed by atoms with E-state index in [1.54, 1.807) is 6.07 Å². The van der Waals surface area contributed by atoms with E-state index in [1.807, 2.05) is 0 Å². The number of oxazole rings is 1. The highest BCUT2D eigenvalue weighted by Crippen LogP contribution is 2.23. The lowest BCUT2D eigenvalue weighted by Crippen LogP contribution is -2.13. The van der Waals surface area contributed by atoms with Crippen molar-refractivity contribution in [2.45, 2.75) is 26.3 Å². The third-order valence-corrected chi connectivity index (χ3v) is 2.48. The predicted molar refractivity (Wildman–Crippen MR) is 63.2 cm³/mol. The quantitative estimate of drug-likeness (QED) is 0.895. The molecule has 2 heterocycles. The lowest BCUT2D eigenvalue weighted by molar-refractivity contribution is 0.414. The molecule has 0 saturated heterocycles. The maximum atomic E-state index is 5.98. The van der Waals surface area contributed by atoms with Crippen LogP contribution in [0, 0.1) is 5.92 Å². The van der Waals surface area contributed by atoms with Gasteiger partial charge in [-0.15, -0.1) is 0 Å². The van der Waals surface area contributed by atoms with Crippen LogP contribution in [-0.4, -0.2) is 9.97 Å². The number of nitrogens with two attached hydrogens (primary N) is 1. The van der Waals surface area contributed by atoms with E-state index in [2.05, 4.69) is 23.8 Å². The topological polar surface area (TPSA) is 64.9 Å². The summed E-state index contributed by atoms with van der Waals surface area (Å²) in [5.41, 5.74) is 7.12. The molecule has 0 amide bonds. The molecule has 1 atom stereocenters. The molecule has 0 aliphatic rings. The van der Waals surface area contributed by atoms with E-state index in [0.717, 1.165) is 6.42 Å². The second kappa shape index (κ2) is 4.39. The number of hydrogen-bond donors (Lipinski definition) is 1. The van der Waals surface area contributed by atoms with Crippen molar-refractivity contribution in [1.82, 2.24) is 9.97 Å². The van der Waals surface area contributed by atoms with Gasteiger partial charge < -0.3 is 10.2 Å². The molecular weight excluding hydrogens is 226 g/mol. The summed E-state index contributed by atoms with van der Waals surface area (Å²) in [6, 6.07) is 1.53. The lowest BCUT2D eigenvalue weighted by Gasteiger charge is -2.09. The molecule has 0 spiro atoms. The van der Waals surface area contributed by atoms with E-state index in [0.29, 0.717) is 28.1 Å². The monoisotopic (exact) mass is 239 g/mol. The zero-order chi connectivity index (χ0) is 11.7. The van der Waals surface area contributed by atoms with Gasteiger partial charge in [0, 0.05) is 6.20 Å². The molecule has 0 saturated carbocycles. The molecule has 2 N–H and O–H groups in total. The van der Waals surface area contributed by atoms with Crippen LogP contribution in [0.3, 0.4) is 0 Å². The molecule has 2 rings (SSSR count). The molecule has 0 fully saturated rings. The van der Waals surface area contributed by atoms with Crippen molar-refractivity contribution in [3.05, 3.63) is 23.2 Å². The molecule has 2 aromatic rings. The van der Waals surface area contributed by atoms with Gasteiger partial charge in [0.2, 0.25) is 11.6 Å². The Bertz CT molecular complexity index is 495. The first-order valence-corrected chi connectivity index (χ1v) is 5.61. The van der Waals surface area contributed by atoms with Crippen molar-refractivity contribution in [1.29, 1.82) is 0 Å². The summed E-state index contributed by atoms with van der Waals surface area (Å²) >= 11 is 5.82. The van der Waals surface area contributed by atoms with Gasteiger partial charge in [-0.3, -0.25) is 0 Å². The third-order valence-electron chi connectivity index (χ3n) is 2.27. The van der Waals surface area contributed by atoms with Crippen LogP contribution in [0.15, 0.2) is 16.7 Å². The second-order valence-electron chi connectivity index (χ2n) is 4.27. The summed E-state index contributed by atoms with van der Waals surface area (Å²) in [6.07, 6.45) is 2.37. The van der Waals surface area contributed by atoms with Gasteiger partial charge in [-0.2, -0.15) is 0 Å². The maximum Gasteiger partial charge on any atom is 0.247 e. The zero-order valence-electron chi connectivity index (χ0n) is 9.27. The molecular formula is C11H14ClN3O. The molecule has 0 aliphatic heterocycles. The molecule has 0 radical (unpaired) electrons. The van der Waals surface area contributed by atoms with E-state index in [4.69, 9.17) is 21.8 Å². The molecule has 4 nitrogen and oxygen atoms in total. The summed E-state index contributed by atoms with van der Waals surface area (Å²) in [6.45, 7) is 4.22. The van der Waals surface area contributed by atoms with Gasteiger partial charge in [0.05, 0.1) is 11.1 Å². The molecule has 5 heteroatoms. The van der Waals surface area contributed by atoms with Crippen LogP contribution in [0.2, 0.25) is 5.02 Å². The Kier molecular flexibility index (Phi) is 3.12. The number of nitrogens with zero attached hydrogens (tertiary/aromatic N) is 2. The van der Waals surface area contributed by atoms with Gasteiger partial charge in [0.25, 0.3) is 0 Å². The summed E-state index contributed by atoms with van der Waals surface area (Å²) < 4.78 is 5.48. The molecule has 86 valence electrons. The van der Waals surface area contributed by atoms with Crippen molar-refractivity contribution in [2.75, 3.05) is 0 Å². The van der Waals surface area contributed by atoms with Crippen molar-refractivity contribution >= 4 is 22.8 Å². The van der Waals surface area contributed by atoms with Crippen LogP contribution in [0.5, 0.6) is 0 Å². The molecule has 2 aromatic heterocycles. The Morgan fingerprint density at radius 2 is 2.25 bits per heavy atom. The summed E-state index contributed by atoms with van der Waals surface area (Å²) in [5, 5.41) is 0.546. The highest BCUT2D eigenvalue weighted by molar-refractivity contribution is 6.30. The van der Waals surface area contributed by atoms with Crippen molar-refractivity contribution in [3.8, 4) is 0 Å². The minimum Gasteiger partial charge on any atom is -0.421 e. The van der Waals surface area contributed by atoms with Gasteiger partial charge in [-0.05, 0) is 18.4 Å². The number of aromatic nitrogens is 2. The van der Waals surface area contributed by atoms with Gasteiger partial charge in [-0.25, -0.2) is 9.97 Å². The van der Waals surface area contributed by atoms with E-state index in [1.165, 1.54) is 6.20 Å². The van der Waals surface area contributed by atoms with Gasteiger partial charge >= 0.3 is 0 Å². The van der Waals surface area contributed by atoms with Gasteiger partial charge in [0.15, 0.2) is 0 Å². The fraction of sp³-hybridized carbons (Fsp3) is 0.455. The van der Waals surface area contributed by atoms with E-state index in [9.17, 15) is 0 Å². The fourth-order valence-electron chi connectivity index (χ4n) is 1.58. The first kappa shape index (κ1) is 11.4. The van der Waals surface area contributed by atoms with Crippen LogP contribution in [0.1, 0.15) is 32.2 Å². The first-order valence-electron chi connectivity index (χ1n) is 5.24. The Morgan fingerprint density at radius 3 is 2.94 bits per heavy atom. The van der Waals surface area contributed by atoms with E-state index < -0.39 is 0 Å². The molecule has 1 unspecified atom stereocenters. The van der Waals surface area contributed by atoms with E-state index >= 15 is 0 Å². The fourth-order valence-corrected chi connectivity index (χ4v) is 1.73. The molecule has 0 bridgehead atoms. The average molecular weight is 240 g/mol. The minimum absolute atomic E-state index is 0.187. The Morgan fingerprint density at radius 1 is 1.50 bits per heavy atom. The van der Waals surface area contributed by atoms with Crippen LogP contribution in [-0.2, 0) is 0 Å². The van der Waals surface area contributed by atoms with Crippen LogP contribution in [0.25, 0.3) is 11.2 Å². The average Bonchev–Trinajstić information content (AvgIpc) is 2.59. The number of hydrogen-bond acceptors (Lipinski definition) is 4. The predicted octanol–water partition coefficient (Wildman–Crippen LogP) is 2.92. The largest absolute Gasteiger partial charge is 0.421 e. The minimum atomic E-state index is -0.187. The Labute approximate surface area is 98.8 Å². The number of pyridine rings is 1. The smallest absolute Gasteiger partial charge is 0.247 e. The summed E-state index contributed by atoms with van der Waals surface area (Å²) in [4.78, 5) is 8.33. The van der Waals surface area contributed by atoms with Crippen LogP contribution >= 0.6 is 11.6 Å². The number of halogens is 1. The summed E-state index contributed by atoms with van der Waals surface area (Å²) in [7, 11) is 0. The number of rotatable bonds is 3. The SMILES string of the molecule is CC(C)CC(N)c1nc2cc(Cl)cnc2o1. The van der Waals surface area contributed by atoms with Crippen molar-refractivity contribution < 1.29 is 4.42 Å². The van der Waals surface area contributed by atoms with Crippen molar-refractivity contribution in [3.63, 3.8) is 0 Å². The van der Waals surface area contributed by atoms with Crippen LogP contribution in [0.4, 0.5) is 0 Å². The maximum absolute atomic E-state index is 5.98. The van der Waals surface area contributed by atoms with Gasteiger partial charge in [-0.1, -0.05) is 25.4 Å². The third kappa shape index (κ3) is 2.33. The molecule has 0 aliphatic carbocycles. The first-order chi connectivity index (χ1) is 7.56. The standard InChI is InChI=1S/C11H14ClN3O/c1-6(2)3-8(13)10-15-9-4-7(12)5-14-11(9)16-10/h4-6,8H,3,13H2,1-2H3. The second-order valence-corrected chi connectivity index (χ2v) is 4.70. The highest BCUT2D eigenvalue weighted by Gasteiger charge is 2.15. The van der Waals surface area contributed by atoms with Crippen molar-refractivity contribution in [2.24, 2.45) is 11.7 Å². The highest BCUT2D eigenvalue weighted by atomic mass is 35.5. The normalized spacial score (nSPS) is 13.6. The molecule has 0 aromatic carbocycles. The number of fused-ring (bicyclic) bond motifs is 1. The Balaban J connectivity index is 2.32. The van der Waals surface area contributed by atoms with E-state index in [-0.39, 0.29) is 6.04 Å².